The summed E-state index contributed by atoms with van der Waals surface area (Å²) in [6, 6.07) is 4.24. The minimum atomic E-state index is -0.191. The van der Waals surface area contributed by atoms with E-state index in [-0.39, 0.29) is 12.0 Å². The Labute approximate surface area is 136 Å². The Bertz CT molecular complexity index is 855. The van der Waals surface area contributed by atoms with Gasteiger partial charge in [-0.3, -0.25) is 9.98 Å². The third kappa shape index (κ3) is 1.96. The SMILES string of the molecule is N#CC1=COC2C3=CC=NC3=CC=C2C1c1cncc(Br)c1. The number of ether oxygens (including phenoxy) is 1. The van der Waals surface area contributed by atoms with Crippen LogP contribution in [-0.4, -0.2) is 17.3 Å². The van der Waals surface area contributed by atoms with E-state index in [0.717, 1.165) is 26.9 Å². The summed E-state index contributed by atoms with van der Waals surface area (Å²) in [6.45, 7) is 0. The molecular formula is C17H10BrN3O. The summed E-state index contributed by atoms with van der Waals surface area (Å²) in [4.78, 5) is 8.54. The van der Waals surface area contributed by atoms with E-state index in [1.807, 2.05) is 24.3 Å². The maximum absolute atomic E-state index is 9.46. The van der Waals surface area contributed by atoms with Crippen LogP contribution in [0.15, 0.2) is 74.8 Å². The van der Waals surface area contributed by atoms with Gasteiger partial charge in [0.05, 0.1) is 23.6 Å². The molecule has 2 atom stereocenters. The normalized spacial score (nSPS) is 24.9. The van der Waals surface area contributed by atoms with Crippen LogP contribution in [-0.2, 0) is 4.74 Å². The zero-order valence-corrected chi connectivity index (χ0v) is 13.0. The van der Waals surface area contributed by atoms with Gasteiger partial charge in [0.15, 0.2) is 0 Å². The third-order valence-corrected chi connectivity index (χ3v) is 4.38. The largest absolute Gasteiger partial charge is 0.488 e. The van der Waals surface area contributed by atoms with Gasteiger partial charge in [0.2, 0.25) is 0 Å². The van der Waals surface area contributed by atoms with E-state index in [1.165, 1.54) is 0 Å². The van der Waals surface area contributed by atoms with Gasteiger partial charge >= 0.3 is 0 Å². The lowest BCUT2D eigenvalue weighted by molar-refractivity contribution is 0.188. The van der Waals surface area contributed by atoms with E-state index < -0.39 is 0 Å². The molecular weight excluding hydrogens is 342 g/mol. The monoisotopic (exact) mass is 351 g/mol. The number of aromatic nitrogens is 1. The Morgan fingerprint density at radius 3 is 2.95 bits per heavy atom. The molecule has 3 aliphatic rings. The zero-order chi connectivity index (χ0) is 15.1. The topological polar surface area (TPSA) is 58.3 Å². The molecule has 0 fully saturated rings. The number of nitrogens with zero attached hydrogens (tertiary/aromatic N) is 3. The summed E-state index contributed by atoms with van der Waals surface area (Å²) in [5.74, 6) is -0.145. The average molecular weight is 352 g/mol. The molecule has 0 radical (unpaired) electrons. The highest BCUT2D eigenvalue weighted by atomic mass is 79.9. The van der Waals surface area contributed by atoms with Crippen molar-refractivity contribution in [1.29, 1.82) is 5.26 Å². The second kappa shape index (κ2) is 5.08. The van der Waals surface area contributed by atoms with Crippen molar-refractivity contribution in [3.8, 4) is 6.07 Å². The smallest absolute Gasteiger partial charge is 0.147 e. The minimum absolute atomic E-state index is 0.145. The molecule has 4 rings (SSSR count). The predicted octanol–water partition coefficient (Wildman–Crippen LogP) is 3.57. The van der Waals surface area contributed by atoms with E-state index in [0.29, 0.717) is 5.57 Å². The van der Waals surface area contributed by atoms with E-state index in [4.69, 9.17) is 4.74 Å². The van der Waals surface area contributed by atoms with Gasteiger partial charge in [-0.2, -0.15) is 5.26 Å². The van der Waals surface area contributed by atoms with Crippen LogP contribution in [0.2, 0.25) is 0 Å². The van der Waals surface area contributed by atoms with Gasteiger partial charge < -0.3 is 4.74 Å². The van der Waals surface area contributed by atoms with Gasteiger partial charge in [-0.1, -0.05) is 6.08 Å². The Balaban J connectivity index is 1.86. The first-order valence-corrected chi connectivity index (χ1v) is 7.59. The number of allylic oxidation sites excluding steroid dienone is 4. The van der Waals surface area contributed by atoms with E-state index in [1.54, 1.807) is 24.9 Å². The summed E-state index contributed by atoms with van der Waals surface area (Å²) in [5.41, 5.74) is 4.56. The number of rotatable bonds is 1. The fourth-order valence-electron chi connectivity index (χ4n) is 3.00. The fourth-order valence-corrected chi connectivity index (χ4v) is 3.38. The highest BCUT2D eigenvalue weighted by Crippen LogP contribution is 2.44. The second-order valence-electron chi connectivity index (χ2n) is 5.19. The van der Waals surface area contributed by atoms with Crippen LogP contribution in [0.3, 0.4) is 0 Å². The van der Waals surface area contributed by atoms with Crippen molar-refractivity contribution in [2.75, 3.05) is 0 Å². The van der Waals surface area contributed by atoms with Crippen LogP contribution in [0.25, 0.3) is 0 Å². The van der Waals surface area contributed by atoms with Crippen LogP contribution >= 0.6 is 15.9 Å². The molecule has 1 aromatic heterocycles. The highest BCUT2D eigenvalue weighted by Gasteiger charge is 2.37. The predicted molar refractivity (Wildman–Crippen MR) is 86.0 cm³/mol. The first kappa shape index (κ1) is 13.2. The summed E-state index contributed by atoms with van der Waals surface area (Å²) in [7, 11) is 0. The summed E-state index contributed by atoms with van der Waals surface area (Å²) >= 11 is 3.44. The number of aliphatic imine (C=N–C) groups is 1. The lowest BCUT2D eigenvalue weighted by Gasteiger charge is -2.34. The van der Waals surface area contributed by atoms with Crippen molar-refractivity contribution >= 4 is 22.1 Å². The van der Waals surface area contributed by atoms with Gasteiger partial charge in [0.1, 0.15) is 6.10 Å². The molecule has 0 N–H and O–H groups in total. The minimum Gasteiger partial charge on any atom is -0.488 e. The van der Waals surface area contributed by atoms with Crippen molar-refractivity contribution in [2.24, 2.45) is 4.99 Å². The number of hydrogen-bond donors (Lipinski definition) is 0. The lowest BCUT2D eigenvalue weighted by atomic mass is 9.78. The van der Waals surface area contributed by atoms with Crippen molar-refractivity contribution in [3.63, 3.8) is 0 Å². The molecule has 0 saturated heterocycles. The number of hydrogen-bond acceptors (Lipinski definition) is 4. The molecule has 0 saturated carbocycles. The molecule has 0 amide bonds. The number of pyridine rings is 1. The van der Waals surface area contributed by atoms with Gasteiger partial charge in [-0.05, 0) is 45.3 Å². The first-order chi connectivity index (χ1) is 10.8. The van der Waals surface area contributed by atoms with Crippen LogP contribution in [0.4, 0.5) is 0 Å². The van der Waals surface area contributed by atoms with E-state index in [9.17, 15) is 5.26 Å². The summed E-state index contributed by atoms with van der Waals surface area (Å²) in [6.07, 6.45) is 12.6. The van der Waals surface area contributed by atoms with Crippen molar-refractivity contribution in [2.45, 2.75) is 12.0 Å². The third-order valence-electron chi connectivity index (χ3n) is 3.95. The average Bonchev–Trinajstić information content (AvgIpc) is 3.02. The maximum Gasteiger partial charge on any atom is 0.147 e. The summed E-state index contributed by atoms with van der Waals surface area (Å²) in [5, 5.41) is 9.46. The quantitative estimate of drug-likeness (QED) is 0.776. The number of nitriles is 1. The lowest BCUT2D eigenvalue weighted by Crippen LogP contribution is -2.28. The first-order valence-electron chi connectivity index (χ1n) is 6.80. The second-order valence-corrected chi connectivity index (χ2v) is 6.11. The Hall–Kier alpha value is -2.45. The molecule has 0 bridgehead atoms. The Morgan fingerprint density at radius 1 is 1.23 bits per heavy atom. The molecule has 3 heterocycles. The van der Waals surface area contributed by atoms with Crippen molar-refractivity contribution < 1.29 is 4.74 Å². The van der Waals surface area contributed by atoms with Crippen LogP contribution < -0.4 is 0 Å². The van der Waals surface area contributed by atoms with Crippen molar-refractivity contribution in [1.82, 2.24) is 4.98 Å². The molecule has 4 nitrogen and oxygen atoms in total. The fraction of sp³-hybridized carbons (Fsp3) is 0.118. The Morgan fingerprint density at radius 2 is 2.14 bits per heavy atom. The molecule has 2 unspecified atom stereocenters. The highest BCUT2D eigenvalue weighted by molar-refractivity contribution is 9.10. The molecule has 2 aliphatic heterocycles. The van der Waals surface area contributed by atoms with Crippen LogP contribution in [0, 0.1) is 11.3 Å². The van der Waals surface area contributed by atoms with Gasteiger partial charge in [-0.25, -0.2) is 0 Å². The molecule has 0 spiro atoms. The molecule has 106 valence electrons. The van der Waals surface area contributed by atoms with Crippen LogP contribution in [0.1, 0.15) is 11.5 Å². The van der Waals surface area contributed by atoms with Gasteiger partial charge in [0.25, 0.3) is 0 Å². The Kier molecular flexibility index (Phi) is 3.05. The van der Waals surface area contributed by atoms with E-state index >= 15 is 0 Å². The standard InChI is InChI=1S/C17H10BrN3O/c18-12-5-10(7-20-8-12)16-11(6-19)9-22-17-13-3-4-21-15(13)2-1-14(16)17/h1-5,7-9,16-17H. The summed E-state index contributed by atoms with van der Waals surface area (Å²) < 4.78 is 6.70. The molecule has 22 heavy (non-hydrogen) atoms. The molecule has 1 aliphatic carbocycles. The van der Waals surface area contributed by atoms with Gasteiger partial charge in [-0.15, -0.1) is 0 Å². The number of fused-ring (bicyclic) bond motifs is 3. The molecule has 1 aromatic rings. The van der Waals surface area contributed by atoms with E-state index in [2.05, 4.69) is 32.0 Å². The number of halogens is 1. The van der Waals surface area contributed by atoms with Gasteiger partial charge in [0, 0.05) is 34.6 Å². The maximum atomic E-state index is 9.46. The van der Waals surface area contributed by atoms with Crippen LogP contribution in [0.5, 0.6) is 0 Å². The van der Waals surface area contributed by atoms with Crippen molar-refractivity contribution in [3.05, 3.63) is 75.4 Å². The molecule has 5 heteroatoms. The molecule has 0 aromatic carbocycles. The zero-order valence-electron chi connectivity index (χ0n) is 11.4.